The van der Waals surface area contributed by atoms with Gasteiger partial charge in [-0.15, -0.1) is 0 Å². The Hall–Kier alpha value is -5.94. The van der Waals surface area contributed by atoms with Gasteiger partial charge in [0.2, 0.25) is 29.5 Å². The number of carboxylic acid groups (broad SMARTS) is 3. The van der Waals surface area contributed by atoms with Gasteiger partial charge < -0.3 is 221 Å². The fourth-order valence-corrected chi connectivity index (χ4v) is 19.7. The summed E-state index contributed by atoms with van der Waals surface area (Å²) in [5, 5.41) is 297. The zero-order chi connectivity index (χ0) is 110. The van der Waals surface area contributed by atoms with E-state index in [1.807, 2.05) is 0 Å². The number of aliphatic hydroxyl groups excluding tert-OH is 22. The maximum Gasteiger partial charge on any atom is 0.364 e. The van der Waals surface area contributed by atoms with Crippen LogP contribution in [0.15, 0.2) is 12.2 Å². The van der Waals surface area contributed by atoms with Gasteiger partial charge in [-0.1, -0.05) is 193 Å². The molecule has 7 saturated heterocycles. The van der Waals surface area contributed by atoms with Crippen molar-refractivity contribution in [3.8, 4) is 0 Å². The van der Waals surface area contributed by atoms with Crippen LogP contribution in [0.3, 0.4) is 0 Å². The lowest BCUT2D eigenvalue weighted by atomic mass is 9.87. The summed E-state index contributed by atoms with van der Waals surface area (Å²) in [4.78, 5) is 106. The number of aliphatic hydroxyl groups is 22. The first-order valence-electron chi connectivity index (χ1n) is 52.4. The molecule has 40 atom stereocenters. The molecule has 5 amide bonds. The molecule has 0 radical (unpaired) electrons. The lowest BCUT2D eigenvalue weighted by Gasteiger charge is -2.52. The second-order valence-electron chi connectivity index (χ2n) is 40.0. The van der Waals surface area contributed by atoms with Crippen LogP contribution in [0.2, 0.25) is 0 Å². The third-order valence-corrected chi connectivity index (χ3v) is 28.1. The number of carbonyl (C=O) groups excluding carboxylic acids is 5. The van der Waals surface area contributed by atoms with Gasteiger partial charge in [-0.2, -0.15) is 0 Å². The number of carbonyl (C=O) groups is 8. The normalized spacial score (nSPS) is 35.2. The molecule has 0 aromatic heterocycles. The van der Waals surface area contributed by atoms with Crippen LogP contribution in [0.1, 0.15) is 253 Å². The molecule has 7 rings (SSSR count). The van der Waals surface area contributed by atoms with E-state index in [0.717, 1.165) is 91.9 Å². The van der Waals surface area contributed by atoms with Crippen molar-refractivity contribution in [1.29, 1.82) is 0 Å². The lowest BCUT2D eigenvalue weighted by molar-refractivity contribution is -0.392. The predicted octanol–water partition coefficient (Wildman–Crippen LogP) is -5.91. The Bertz CT molecular complexity index is 3960. The average molecular weight is 2160 g/mol. The van der Waals surface area contributed by atoms with Gasteiger partial charge in [-0.25, -0.2) is 14.4 Å². The summed E-state index contributed by atoms with van der Waals surface area (Å²) < 4.78 is 83.5. The molecule has 0 aliphatic carbocycles. The van der Waals surface area contributed by atoms with E-state index in [2.05, 4.69) is 40.4 Å². The Morgan fingerprint density at radius 2 is 0.732 bits per heavy atom. The highest BCUT2D eigenvalue weighted by Gasteiger charge is 2.65. The molecule has 7 aliphatic heterocycles. The maximum atomic E-state index is 14.1. The van der Waals surface area contributed by atoms with Crippen molar-refractivity contribution in [2.45, 2.75) is 497 Å². The predicted molar refractivity (Wildman–Crippen MR) is 510 cm³/mol. The largest absolute Gasteiger partial charge is 0.477 e. The Morgan fingerprint density at radius 1 is 0.376 bits per heavy atom. The van der Waals surface area contributed by atoms with Crippen LogP contribution in [0.5, 0.6) is 0 Å². The molecule has 0 spiro atoms. The minimum absolute atomic E-state index is 0.102. The summed E-state index contributed by atoms with van der Waals surface area (Å²) in [6.07, 6.45) is -42.4. The molecule has 0 aromatic rings. The van der Waals surface area contributed by atoms with Crippen molar-refractivity contribution >= 4 is 47.4 Å². The summed E-state index contributed by atoms with van der Waals surface area (Å²) >= 11 is 0. The van der Waals surface area contributed by atoms with Gasteiger partial charge >= 0.3 is 17.9 Å². The van der Waals surface area contributed by atoms with Crippen molar-refractivity contribution in [3.63, 3.8) is 0 Å². The van der Waals surface area contributed by atoms with E-state index < -0.39 is 363 Å². The highest BCUT2D eigenvalue weighted by Crippen LogP contribution is 2.44. The summed E-state index contributed by atoms with van der Waals surface area (Å²) in [6.45, 7) is -1.92. The van der Waals surface area contributed by atoms with Gasteiger partial charge in [0.15, 0.2) is 25.2 Å². The summed E-state index contributed by atoms with van der Waals surface area (Å²) in [7, 11) is 0. The van der Waals surface area contributed by atoms with Crippen molar-refractivity contribution in [3.05, 3.63) is 12.2 Å². The summed E-state index contributed by atoms with van der Waals surface area (Å²) in [6, 6.07) is -9.17. The number of hydrogen-bond acceptors (Lipinski definition) is 44. The van der Waals surface area contributed by atoms with Gasteiger partial charge in [-0.3, -0.25) is 24.0 Å². The SMILES string of the molecule is CCCCCCCCCCCCC/C=C/[C@@H](O)[C@H](CO[C@@H]1OC(CO)[C@@H](O[C@@H]2OC(CO)[C@H](O[C@@H]3OC(CO[C@]4(C(=O)O)CC(O)[C@@H](NC(C)=O)C([C@H](O)[C@H](O)CO)O4)[C@H](O)[C@H](O[C@@H]4OC(CO)[C@H](O)[C@H](O[C@]5(C(=O)O)CC(O)[C@@H](NC(C)=O)C([C@H](O)[C@@H](CO)O[C@]6(C(=O)O)CC(O)[C@@H](NC(C)=O)C([C@H](O)[C@H](O)CO)O6)O5)C4O)C3NC(C)=O)[C@H](O)C2O)[C@H](O)C1O)NC(=O)CCCCCCCCCCCCCCCCCCC. The Labute approximate surface area is 865 Å². The molecule has 30 N–H and O–H groups in total. The first-order chi connectivity index (χ1) is 70.8. The smallest absolute Gasteiger partial charge is 0.364 e. The molecule has 14 unspecified atom stereocenters. The third-order valence-electron chi connectivity index (χ3n) is 28.1. The number of ether oxygens (including phenoxy) is 14. The van der Waals surface area contributed by atoms with Gasteiger partial charge in [0.1, 0.15) is 153 Å². The van der Waals surface area contributed by atoms with E-state index in [-0.39, 0.29) is 6.42 Å². The first-order valence-corrected chi connectivity index (χ1v) is 52.4. The zero-order valence-corrected chi connectivity index (χ0v) is 85.7. The van der Waals surface area contributed by atoms with E-state index in [0.29, 0.717) is 12.8 Å². The number of rotatable bonds is 68. The molecule has 7 heterocycles. The van der Waals surface area contributed by atoms with E-state index in [9.17, 15) is 166 Å². The first kappa shape index (κ1) is 130. The Morgan fingerprint density at radius 3 is 1.16 bits per heavy atom. The fraction of sp³-hybridized carbons (Fsp3) is 0.897. The number of nitrogens with one attached hydrogen (secondary N) is 5. The van der Waals surface area contributed by atoms with Crippen LogP contribution in [-0.4, -0.2) is 472 Å². The second kappa shape index (κ2) is 64.7. The molecule has 7 aliphatic rings. The molecule has 0 bridgehead atoms. The molecule has 864 valence electrons. The van der Waals surface area contributed by atoms with Crippen LogP contribution in [0, 0.1) is 0 Å². The van der Waals surface area contributed by atoms with Crippen LogP contribution < -0.4 is 26.6 Å². The minimum Gasteiger partial charge on any atom is -0.477 e. The molecule has 0 saturated carbocycles. The number of allylic oxidation sites excluding steroid dienone is 1. The number of carboxylic acids is 3. The third kappa shape index (κ3) is 37.4. The number of hydrogen-bond donors (Lipinski definition) is 30. The molecular formula is C97H169N5O47. The van der Waals surface area contributed by atoms with Crippen molar-refractivity contribution in [1.82, 2.24) is 26.6 Å². The Kier molecular flexibility index (Phi) is 56.4. The van der Waals surface area contributed by atoms with Crippen LogP contribution in [0.4, 0.5) is 0 Å². The number of amides is 5. The molecule has 52 heteroatoms. The molecule has 0 aromatic carbocycles. The summed E-state index contributed by atoms with van der Waals surface area (Å²) in [5.41, 5.74) is 0. The van der Waals surface area contributed by atoms with Gasteiger partial charge in [0.25, 0.3) is 17.4 Å². The van der Waals surface area contributed by atoms with Gasteiger partial charge in [0, 0.05) is 53.4 Å². The van der Waals surface area contributed by atoms with Crippen molar-refractivity contribution < 1.29 is 232 Å². The highest BCUT2D eigenvalue weighted by molar-refractivity contribution is 5.79. The van der Waals surface area contributed by atoms with Crippen molar-refractivity contribution in [2.75, 3.05) is 52.9 Å². The highest BCUT2D eigenvalue weighted by atomic mass is 16.8. The topological polar surface area (TPSA) is 832 Å². The van der Waals surface area contributed by atoms with Crippen LogP contribution in [-0.2, 0) is 105 Å². The van der Waals surface area contributed by atoms with Crippen molar-refractivity contribution in [2.24, 2.45) is 0 Å². The van der Waals surface area contributed by atoms with E-state index >= 15 is 0 Å². The van der Waals surface area contributed by atoms with Gasteiger partial charge in [0.05, 0.1) is 101 Å². The number of aliphatic carboxylic acids is 3. The van der Waals surface area contributed by atoms with Gasteiger partial charge in [-0.05, 0) is 19.3 Å². The van der Waals surface area contributed by atoms with E-state index in [4.69, 9.17) is 66.3 Å². The van der Waals surface area contributed by atoms with E-state index in [1.54, 1.807) is 6.08 Å². The monoisotopic (exact) mass is 2160 g/mol. The standard InChI is InChI=1S/C97H169N5O47/c1-7-9-11-13-15-17-19-21-22-23-24-26-28-30-32-34-36-38-66(119)102-54(55(113)37-35-33-31-29-27-25-20-18-16-14-12-10-8-2)48-136-89-78(127)76(125)82(63(46-107)139-89)143-90-79(128)77(126)81(64(47-108)140-90)142-88-70(101-53(6)112)83(75(124)65(141-88)49-137-95(92(130)131)39-56(114)67(98-50(3)109)84(146-95)71(120)59(117)42-103)144-91-80(129)87(73(122)61(44-105)138-91)149-97(94(134)135)41-58(116)69(100-52(5)111)86(148-97)74(123)62(45-106)145-96(93(132)133)40-57(115)68(99-51(4)110)85(147-96)72(121)60(118)43-104/h35,37,54-65,67-91,103-108,113-118,120-129H,7-34,36,38-49H2,1-6H3,(H,98,109)(H,99,110)(H,100,111)(H,101,112)(H,102,119)(H,130,131)(H,132,133)(H,134,135)/b37-35+/t54-,55+,56?,57?,58?,59+,60+,61?,62+,63?,64?,65?,67+,68+,69+,70?,71+,72+,73-,74+,75-,76+,77+,78?,79?,80?,81-,82+,83+,84?,85?,86?,87-,88-,89+,90-,91-,95+,96+,97-/m0/s1. The maximum absolute atomic E-state index is 14.1. The van der Waals surface area contributed by atoms with Crippen LogP contribution in [0.25, 0.3) is 0 Å². The zero-order valence-electron chi connectivity index (χ0n) is 85.7. The summed E-state index contributed by atoms with van der Waals surface area (Å²) in [5.74, 6) is -21.6. The fourth-order valence-electron chi connectivity index (χ4n) is 19.7. The average Bonchev–Trinajstić information content (AvgIpc) is 0.758. The lowest BCUT2D eigenvalue weighted by Crippen LogP contribution is -2.72. The second-order valence-corrected chi connectivity index (χ2v) is 40.0. The molecule has 7 fully saturated rings. The molecular weight excluding hydrogens is 1990 g/mol. The quantitative estimate of drug-likeness (QED) is 0.0199. The minimum atomic E-state index is -3.67. The molecule has 149 heavy (non-hydrogen) atoms. The Balaban J connectivity index is 1.16. The van der Waals surface area contributed by atoms with E-state index in [1.165, 1.54) is 115 Å². The van der Waals surface area contributed by atoms with Crippen LogP contribution >= 0.6 is 0 Å². The number of unbranched alkanes of at least 4 members (excludes halogenated alkanes) is 27. The molecule has 52 nitrogen and oxygen atoms in total.